The van der Waals surface area contributed by atoms with Gasteiger partial charge in [-0.3, -0.25) is 29.0 Å². The second-order valence-corrected chi connectivity index (χ2v) is 11.5. The zero-order valence-electron chi connectivity index (χ0n) is 22.7. The summed E-state index contributed by atoms with van der Waals surface area (Å²) in [6.07, 6.45) is -0.420. The van der Waals surface area contributed by atoms with E-state index in [9.17, 15) is 39.0 Å². The molecule has 1 N–H and O–H groups in total. The Hall–Kier alpha value is -2.10. The van der Waals surface area contributed by atoms with Crippen LogP contribution in [0.5, 0.6) is 0 Å². The number of hydrogen-bond acceptors (Lipinski definition) is 10. The summed E-state index contributed by atoms with van der Waals surface area (Å²) in [4.78, 5) is 77.5. The third-order valence-corrected chi connectivity index (χ3v) is 9.27. The minimum Gasteiger partial charge on any atom is -0.548 e. The second-order valence-electron chi connectivity index (χ2n) is 9.18. The molecule has 0 spiro atoms. The predicted molar refractivity (Wildman–Crippen MR) is 139 cm³/mol. The molecule has 3 aliphatic rings. The van der Waals surface area contributed by atoms with Crippen molar-refractivity contribution in [1.29, 1.82) is 0 Å². The summed E-state index contributed by atoms with van der Waals surface area (Å²) >= 11 is 2.54. The zero-order valence-corrected chi connectivity index (χ0v) is 28.4. The molecule has 3 aliphatic heterocycles. The van der Waals surface area contributed by atoms with Gasteiger partial charge in [-0.05, 0) is 37.1 Å². The third-order valence-electron chi connectivity index (χ3n) is 6.72. The Morgan fingerprint density at radius 1 is 0.952 bits per heavy atom. The van der Waals surface area contributed by atoms with Gasteiger partial charge in [0.1, 0.15) is 11.4 Å². The number of benzene rings is 2. The molecular formula is C27H21N3Na2O8S2. The first-order valence-corrected chi connectivity index (χ1v) is 14.1. The van der Waals surface area contributed by atoms with E-state index in [0.717, 1.165) is 9.80 Å². The van der Waals surface area contributed by atoms with Gasteiger partial charge in [0.25, 0.3) is 17.7 Å². The fourth-order valence-corrected chi connectivity index (χ4v) is 7.32. The fraction of sp³-hybridized carbons (Fsp3) is 0.259. The van der Waals surface area contributed by atoms with Crippen molar-refractivity contribution in [3.63, 3.8) is 0 Å². The van der Waals surface area contributed by atoms with E-state index in [1.54, 1.807) is 12.1 Å². The molecule has 1 saturated heterocycles. The van der Waals surface area contributed by atoms with Crippen LogP contribution in [0.4, 0.5) is 0 Å². The number of imide groups is 1. The molecule has 1 unspecified atom stereocenters. The van der Waals surface area contributed by atoms with Crippen LogP contribution in [0, 0.1) is 0 Å². The molecule has 3 heterocycles. The smallest absolute Gasteiger partial charge is 0.548 e. The molecule has 42 heavy (non-hydrogen) atoms. The number of aliphatic carboxylic acids is 2. The van der Waals surface area contributed by atoms with Crippen molar-refractivity contribution in [2.24, 2.45) is 0 Å². The van der Waals surface area contributed by atoms with Gasteiger partial charge in [0.15, 0.2) is 0 Å². The topological polar surface area (TPSA) is 167 Å². The van der Waals surface area contributed by atoms with E-state index in [-0.39, 0.29) is 95.2 Å². The van der Waals surface area contributed by atoms with E-state index in [1.807, 2.05) is 30.3 Å². The SMILES string of the molecule is O=C(CCCC(C(=O)[O-])N1C(=O)c2ccccc2C1=O)N[C@@H]1C(=O)N2C(C(=O)[O-])=C(Sc3ccccc3)CS[C@@H]12.[Na+].[Na+]. The van der Waals surface area contributed by atoms with Crippen molar-refractivity contribution < 1.29 is 98.1 Å². The number of carbonyl (C=O) groups is 6. The van der Waals surface area contributed by atoms with Crippen LogP contribution in [0.2, 0.25) is 0 Å². The Bertz CT molecular complexity index is 1440. The molecule has 2 aromatic rings. The number of carboxylic acids is 2. The third kappa shape index (κ3) is 6.68. The van der Waals surface area contributed by atoms with Gasteiger partial charge in [-0.25, -0.2) is 0 Å². The van der Waals surface area contributed by atoms with E-state index in [0.29, 0.717) is 15.6 Å². The largest absolute Gasteiger partial charge is 1.00 e. The van der Waals surface area contributed by atoms with Gasteiger partial charge in [0.2, 0.25) is 5.91 Å². The van der Waals surface area contributed by atoms with Crippen molar-refractivity contribution in [1.82, 2.24) is 15.1 Å². The van der Waals surface area contributed by atoms with Gasteiger partial charge in [-0.15, -0.1) is 11.8 Å². The van der Waals surface area contributed by atoms with Crippen LogP contribution in [0.1, 0.15) is 40.0 Å². The summed E-state index contributed by atoms with van der Waals surface area (Å²) in [5.41, 5.74) is -0.0134. The van der Waals surface area contributed by atoms with Crippen molar-refractivity contribution in [2.45, 2.75) is 41.6 Å². The summed E-state index contributed by atoms with van der Waals surface area (Å²) < 4.78 is 0. The molecule has 4 amide bonds. The average Bonchev–Trinajstić information content (AvgIpc) is 3.19. The zero-order chi connectivity index (χ0) is 28.6. The number of fused-ring (bicyclic) bond motifs is 2. The number of nitrogens with zero attached hydrogens (tertiary/aromatic N) is 2. The summed E-state index contributed by atoms with van der Waals surface area (Å²) in [5, 5.41) is 25.7. The first-order chi connectivity index (χ1) is 19.2. The number of hydrogen-bond donors (Lipinski definition) is 1. The maximum Gasteiger partial charge on any atom is 1.00 e. The first kappa shape index (κ1) is 34.4. The van der Waals surface area contributed by atoms with Crippen molar-refractivity contribution in [2.75, 3.05) is 5.75 Å². The quantitative estimate of drug-likeness (QED) is 0.152. The number of amides is 4. The molecule has 206 valence electrons. The van der Waals surface area contributed by atoms with Gasteiger partial charge in [0, 0.05) is 22.0 Å². The molecule has 11 nitrogen and oxygen atoms in total. The minimum absolute atomic E-state index is 0. The van der Waals surface area contributed by atoms with Crippen molar-refractivity contribution in [3.8, 4) is 0 Å². The van der Waals surface area contributed by atoms with Crippen LogP contribution in [0.25, 0.3) is 0 Å². The van der Waals surface area contributed by atoms with Gasteiger partial charge >= 0.3 is 59.1 Å². The van der Waals surface area contributed by atoms with Crippen LogP contribution in [-0.4, -0.2) is 68.6 Å². The van der Waals surface area contributed by atoms with Gasteiger partial charge in [-0.1, -0.05) is 42.1 Å². The maximum atomic E-state index is 12.9. The number of rotatable bonds is 10. The standard InChI is InChI=1S/C27H23N3O8S2.2Na/c31-19(12-6-11-17(26(35)36)29-22(32)15-9-4-5-10-16(15)23(29)33)28-20-24(34)30-21(27(37)38)18(13-39-25(20)30)40-14-7-2-1-3-8-14;;/h1-5,7-10,17,20,25H,6,11-13H2,(H,28,31)(H,35,36)(H,37,38);;/q;2*+1/p-2/t17?,20-,25+;;/m1../s1. The monoisotopic (exact) mass is 625 g/mol. The Morgan fingerprint density at radius 2 is 1.55 bits per heavy atom. The number of thioether (sulfide) groups is 2. The normalized spacial score (nSPS) is 19.6. The van der Waals surface area contributed by atoms with Crippen LogP contribution < -0.4 is 74.6 Å². The van der Waals surface area contributed by atoms with E-state index in [2.05, 4.69) is 5.32 Å². The molecule has 0 aliphatic carbocycles. The van der Waals surface area contributed by atoms with E-state index < -0.39 is 53.0 Å². The van der Waals surface area contributed by atoms with Crippen LogP contribution in [-0.2, 0) is 19.2 Å². The molecule has 0 radical (unpaired) electrons. The molecule has 3 atom stereocenters. The molecule has 2 aromatic carbocycles. The van der Waals surface area contributed by atoms with Gasteiger partial charge < -0.3 is 25.1 Å². The first-order valence-electron chi connectivity index (χ1n) is 12.3. The maximum absolute atomic E-state index is 12.9. The molecular weight excluding hydrogens is 604 g/mol. The predicted octanol–water partition coefficient (Wildman–Crippen LogP) is -6.27. The van der Waals surface area contributed by atoms with E-state index >= 15 is 0 Å². The number of carboxylic acid groups (broad SMARTS) is 2. The Balaban J connectivity index is 0.00000242. The van der Waals surface area contributed by atoms with Crippen molar-refractivity contribution in [3.05, 3.63) is 76.3 Å². The van der Waals surface area contributed by atoms with E-state index in [1.165, 1.54) is 35.7 Å². The second kappa shape index (κ2) is 14.6. The van der Waals surface area contributed by atoms with Crippen LogP contribution >= 0.6 is 23.5 Å². The average molecular weight is 626 g/mol. The molecule has 15 heteroatoms. The van der Waals surface area contributed by atoms with Crippen LogP contribution in [0.15, 0.2) is 70.1 Å². The number of β-lactam (4-membered cyclic amide) rings is 1. The van der Waals surface area contributed by atoms with E-state index in [4.69, 9.17) is 0 Å². The van der Waals surface area contributed by atoms with Gasteiger partial charge in [0.05, 0.1) is 34.8 Å². The summed E-state index contributed by atoms with van der Waals surface area (Å²) in [6, 6.07) is 12.6. The Morgan fingerprint density at radius 3 is 2.12 bits per heavy atom. The summed E-state index contributed by atoms with van der Waals surface area (Å²) in [7, 11) is 0. The Labute approximate surface area is 293 Å². The van der Waals surface area contributed by atoms with Gasteiger partial charge in [-0.2, -0.15) is 0 Å². The molecule has 5 rings (SSSR count). The molecule has 0 bridgehead atoms. The minimum atomic E-state index is -1.62. The summed E-state index contributed by atoms with van der Waals surface area (Å²) in [6.45, 7) is 0. The molecule has 1 fully saturated rings. The molecule has 0 saturated carbocycles. The number of carbonyl (C=O) groups excluding carboxylic acids is 6. The molecule has 0 aromatic heterocycles. The number of nitrogens with one attached hydrogen (secondary N) is 1. The fourth-order valence-electron chi connectivity index (χ4n) is 4.83. The Kier molecular flexibility index (Phi) is 11.9. The van der Waals surface area contributed by atoms with Crippen LogP contribution in [0.3, 0.4) is 0 Å². The summed E-state index contributed by atoms with van der Waals surface area (Å²) in [5.74, 6) is -5.42. The van der Waals surface area contributed by atoms with Crippen molar-refractivity contribution >= 4 is 59.1 Å².